The van der Waals surface area contributed by atoms with Crippen LogP contribution in [0.3, 0.4) is 0 Å². The third-order valence-corrected chi connectivity index (χ3v) is 5.74. The summed E-state index contributed by atoms with van der Waals surface area (Å²) in [6.07, 6.45) is 6.71. The van der Waals surface area contributed by atoms with E-state index in [1.54, 1.807) is 0 Å². The van der Waals surface area contributed by atoms with Gasteiger partial charge in [0.05, 0.1) is 0 Å². The number of carbonyl (C=O) groups excluding carboxylic acids is 1. The molecule has 4 unspecified atom stereocenters. The van der Waals surface area contributed by atoms with Crippen LogP contribution in [0.2, 0.25) is 0 Å². The summed E-state index contributed by atoms with van der Waals surface area (Å²) in [4.78, 5) is 14.9. The van der Waals surface area contributed by atoms with Gasteiger partial charge in [0.25, 0.3) is 0 Å². The zero-order chi connectivity index (χ0) is 12.1. The zero-order valence-electron chi connectivity index (χ0n) is 11.1. The number of hydrogen-bond donors (Lipinski definition) is 1. The van der Waals surface area contributed by atoms with Crippen molar-refractivity contribution in [1.82, 2.24) is 10.2 Å². The summed E-state index contributed by atoms with van der Waals surface area (Å²) >= 11 is 0. The highest BCUT2D eigenvalue weighted by atomic mass is 16.2. The number of piperidine rings is 2. The van der Waals surface area contributed by atoms with Crippen LogP contribution >= 0.6 is 0 Å². The predicted molar refractivity (Wildman–Crippen MR) is 70.0 cm³/mol. The Labute approximate surface area is 109 Å². The molecule has 0 aromatic carbocycles. The summed E-state index contributed by atoms with van der Waals surface area (Å²) in [7, 11) is 0. The number of nitrogens with zero attached hydrogens (tertiary/aromatic N) is 1. The molecule has 4 fully saturated rings. The average molecular weight is 248 g/mol. The summed E-state index contributed by atoms with van der Waals surface area (Å²) in [5.41, 5.74) is 0. The molecule has 2 aliphatic carbocycles. The molecular weight excluding hydrogens is 224 g/mol. The number of amides is 1. The summed E-state index contributed by atoms with van der Waals surface area (Å²) in [5.74, 6) is 3.93. The number of fused-ring (bicyclic) bond motifs is 3. The molecule has 0 aromatic rings. The first-order chi connectivity index (χ1) is 8.83. The van der Waals surface area contributed by atoms with E-state index in [4.69, 9.17) is 0 Å². The SMILES string of the molecule is O=C(C1C2CCCCC21)N1CC2CNCC(C2)C1. The van der Waals surface area contributed by atoms with Gasteiger partial charge in [0.1, 0.15) is 0 Å². The molecule has 4 aliphatic rings. The van der Waals surface area contributed by atoms with E-state index < -0.39 is 0 Å². The number of carbonyl (C=O) groups is 1. The highest BCUT2D eigenvalue weighted by Gasteiger charge is 2.56. The van der Waals surface area contributed by atoms with Gasteiger partial charge >= 0.3 is 0 Å². The summed E-state index contributed by atoms with van der Waals surface area (Å²) < 4.78 is 0. The molecule has 2 saturated heterocycles. The molecule has 3 heteroatoms. The van der Waals surface area contributed by atoms with Gasteiger partial charge in [-0.15, -0.1) is 0 Å². The fourth-order valence-corrected chi connectivity index (χ4v) is 4.86. The first kappa shape index (κ1) is 11.3. The van der Waals surface area contributed by atoms with Crippen molar-refractivity contribution >= 4 is 5.91 Å². The quantitative estimate of drug-likeness (QED) is 0.762. The van der Waals surface area contributed by atoms with Crippen molar-refractivity contribution in [2.75, 3.05) is 26.2 Å². The van der Waals surface area contributed by atoms with Crippen LogP contribution in [-0.4, -0.2) is 37.0 Å². The van der Waals surface area contributed by atoms with E-state index in [9.17, 15) is 4.79 Å². The Morgan fingerprint density at radius 2 is 1.61 bits per heavy atom. The van der Waals surface area contributed by atoms with Crippen LogP contribution in [0.15, 0.2) is 0 Å². The van der Waals surface area contributed by atoms with Crippen molar-refractivity contribution in [2.24, 2.45) is 29.6 Å². The molecule has 2 heterocycles. The van der Waals surface area contributed by atoms with Crippen molar-refractivity contribution in [3.05, 3.63) is 0 Å². The van der Waals surface area contributed by atoms with E-state index in [1.807, 2.05) is 0 Å². The number of nitrogens with one attached hydrogen (secondary N) is 1. The van der Waals surface area contributed by atoms with Crippen LogP contribution in [0.5, 0.6) is 0 Å². The van der Waals surface area contributed by atoms with Gasteiger partial charge in [0.2, 0.25) is 5.91 Å². The van der Waals surface area contributed by atoms with Crippen LogP contribution in [-0.2, 0) is 4.79 Å². The van der Waals surface area contributed by atoms with Crippen LogP contribution in [0.25, 0.3) is 0 Å². The molecule has 0 aromatic heterocycles. The normalized spacial score (nSPS) is 46.4. The second kappa shape index (κ2) is 4.22. The fraction of sp³-hybridized carbons (Fsp3) is 0.933. The van der Waals surface area contributed by atoms with Gasteiger partial charge in [-0.3, -0.25) is 4.79 Å². The zero-order valence-corrected chi connectivity index (χ0v) is 11.1. The Bertz CT molecular complexity index is 332. The molecule has 1 amide bonds. The smallest absolute Gasteiger partial charge is 0.226 e. The van der Waals surface area contributed by atoms with Crippen molar-refractivity contribution < 1.29 is 4.79 Å². The van der Waals surface area contributed by atoms with E-state index in [1.165, 1.54) is 32.1 Å². The molecule has 4 atom stereocenters. The third kappa shape index (κ3) is 1.78. The van der Waals surface area contributed by atoms with Crippen LogP contribution in [0, 0.1) is 29.6 Å². The average Bonchev–Trinajstić information content (AvgIpc) is 3.11. The van der Waals surface area contributed by atoms with Crippen molar-refractivity contribution in [3.63, 3.8) is 0 Å². The van der Waals surface area contributed by atoms with E-state index in [-0.39, 0.29) is 0 Å². The van der Waals surface area contributed by atoms with E-state index in [2.05, 4.69) is 10.2 Å². The van der Waals surface area contributed by atoms with Gasteiger partial charge in [-0.25, -0.2) is 0 Å². The Morgan fingerprint density at radius 1 is 1.00 bits per heavy atom. The lowest BCUT2D eigenvalue weighted by Gasteiger charge is -2.42. The molecular formula is C15H24N2O. The molecule has 100 valence electrons. The van der Waals surface area contributed by atoms with Gasteiger partial charge < -0.3 is 10.2 Å². The highest BCUT2D eigenvalue weighted by Crippen LogP contribution is 2.56. The van der Waals surface area contributed by atoms with E-state index in [0.29, 0.717) is 11.8 Å². The number of likely N-dealkylation sites (tertiary alicyclic amines) is 1. The van der Waals surface area contributed by atoms with Crippen LogP contribution in [0.1, 0.15) is 32.1 Å². The Morgan fingerprint density at radius 3 is 2.22 bits per heavy atom. The first-order valence-corrected chi connectivity index (χ1v) is 7.82. The largest absolute Gasteiger partial charge is 0.342 e. The lowest BCUT2D eigenvalue weighted by molar-refractivity contribution is -0.136. The summed E-state index contributed by atoms with van der Waals surface area (Å²) in [5, 5.41) is 3.50. The van der Waals surface area contributed by atoms with E-state index in [0.717, 1.165) is 49.9 Å². The predicted octanol–water partition coefficient (Wildman–Crippen LogP) is 1.49. The maximum atomic E-state index is 12.7. The monoisotopic (exact) mass is 248 g/mol. The van der Waals surface area contributed by atoms with Gasteiger partial charge in [-0.2, -0.15) is 0 Å². The second-order valence-corrected chi connectivity index (χ2v) is 7.01. The molecule has 2 aliphatic heterocycles. The fourth-order valence-electron chi connectivity index (χ4n) is 4.86. The standard InChI is InChI=1S/C15H24N2O/c18-15(14-12-3-1-2-4-13(12)14)17-8-10-5-11(9-17)7-16-6-10/h10-14,16H,1-9H2. The molecule has 1 N–H and O–H groups in total. The molecule has 2 bridgehead atoms. The molecule has 0 spiro atoms. The van der Waals surface area contributed by atoms with Crippen molar-refractivity contribution in [3.8, 4) is 0 Å². The molecule has 2 saturated carbocycles. The molecule has 18 heavy (non-hydrogen) atoms. The van der Waals surface area contributed by atoms with Crippen LogP contribution < -0.4 is 5.32 Å². The Hall–Kier alpha value is -0.570. The minimum absolute atomic E-state index is 0.430. The molecule has 0 radical (unpaired) electrons. The van der Waals surface area contributed by atoms with Crippen molar-refractivity contribution in [2.45, 2.75) is 32.1 Å². The van der Waals surface area contributed by atoms with Crippen LogP contribution in [0.4, 0.5) is 0 Å². The summed E-state index contributed by atoms with van der Waals surface area (Å²) in [6.45, 7) is 4.30. The lowest BCUT2D eigenvalue weighted by atomic mass is 9.85. The maximum absolute atomic E-state index is 12.7. The minimum atomic E-state index is 0.430. The van der Waals surface area contributed by atoms with E-state index >= 15 is 0 Å². The third-order valence-electron chi connectivity index (χ3n) is 5.74. The van der Waals surface area contributed by atoms with Gasteiger partial charge in [0, 0.05) is 19.0 Å². The lowest BCUT2D eigenvalue weighted by Crippen LogP contribution is -2.53. The Balaban J connectivity index is 1.43. The number of rotatable bonds is 1. The Kier molecular flexibility index (Phi) is 2.65. The van der Waals surface area contributed by atoms with Gasteiger partial charge in [-0.1, -0.05) is 12.8 Å². The molecule has 4 rings (SSSR count). The minimum Gasteiger partial charge on any atom is -0.342 e. The molecule has 3 nitrogen and oxygen atoms in total. The summed E-state index contributed by atoms with van der Waals surface area (Å²) in [6, 6.07) is 0. The second-order valence-electron chi connectivity index (χ2n) is 7.01. The topological polar surface area (TPSA) is 32.3 Å². The number of hydrogen-bond acceptors (Lipinski definition) is 2. The highest BCUT2D eigenvalue weighted by molar-refractivity contribution is 5.82. The first-order valence-electron chi connectivity index (χ1n) is 7.82. The van der Waals surface area contributed by atoms with Gasteiger partial charge in [-0.05, 0) is 56.0 Å². The van der Waals surface area contributed by atoms with Gasteiger partial charge in [0.15, 0.2) is 0 Å². The maximum Gasteiger partial charge on any atom is 0.226 e. The van der Waals surface area contributed by atoms with Crippen molar-refractivity contribution in [1.29, 1.82) is 0 Å².